The van der Waals surface area contributed by atoms with Crippen molar-refractivity contribution in [3.8, 4) is 0 Å². The lowest BCUT2D eigenvalue weighted by molar-refractivity contribution is 0.119. The smallest absolute Gasteiger partial charge is 0.377 e. The first-order chi connectivity index (χ1) is 6.37. The van der Waals surface area contributed by atoms with Crippen molar-refractivity contribution in [2.45, 2.75) is 18.5 Å². The maximum atomic E-state index is 5.98. The van der Waals surface area contributed by atoms with E-state index in [0.29, 0.717) is 6.42 Å². The quantitative estimate of drug-likeness (QED) is 0.557. The van der Waals surface area contributed by atoms with Gasteiger partial charge in [-0.3, -0.25) is 0 Å². The third kappa shape index (κ3) is 3.35. The van der Waals surface area contributed by atoms with Crippen molar-refractivity contribution < 1.29 is 13.3 Å². The first kappa shape index (κ1) is 15.2. The van der Waals surface area contributed by atoms with E-state index in [2.05, 4.69) is 0 Å². The van der Waals surface area contributed by atoms with Crippen LogP contribution in [0.3, 0.4) is 0 Å². The minimum absolute atomic E-state index is 0.236. The van der Waals surface area contributed by atoms with Crippen molar-refractivity contribution in [3.63, 3.8) is 0 Å². The van der Waals surface area contributed by atoms with Gasteiger partial charge in [-0.05, 0) is 6.42 Å². The van der Waals surface area contributed by atoms with Crippen LogP contribution < -0.4 is 0 Å². The first-order valence-corrected chi connectivity index (χ1v) is 11.0. The predicted molar refractivity (Wildman–Crippen MR) is 64.1 cm³/mol. The monoisotopic (exact) mass is 296 g/mol. The van der Waals surface area contributed by atoms with Crippen LogP contribution in [0.2, 0.25) is 5.16 Å². The summed E-state index contributed by atoms with van der Waals surface area (Å²) in [5.41, 5.74) is 0. The lowest BCUT2D eigenvalue weighted by Gasteiger charge is -2.34. The summed E-state index contributed by atoms with van der Waals surface area (Å²) in [5.74, 6) is 0. The molecule has 0 saturated heterocycles. The van der Waals surface area contributed by atoms with Crippen LogP contribution in [0.1, 0.15) is 13.3 Å². The number of hydrogen-bond acceptors (Lipinski definition) is 3. The number of halogens is 3. The van der Waals surface area contributed by atoms with E-state index in [-0.39, 0.29) is 5.16 Å². The summed E-state index contributed by atoms with van der Waals surface area (Å²) in [6, 6.07) is -2.88. The van der Waals surface area contributed by atoms with Crippen LogP contribution in [-0.2, 0) is 13.3 Å². The Morgan fingerprint density at radius 2 is 1.36 bits per heavy atom. The van der Waals surface area contributed by atoms with Crippen LogP contribution in [-0.4, -0.2) is 36.1 Å². The molecule has 0 bridgehead atoms. The maximum Gasteiger partial charge on any atom is 0.504 e. The van der Waals surface area contributed by atoms with Gasteiger partial charge in [-0.25, -0.2) is 0 Å². The predicted octanol–water partition coefficient (Wildman–Crippen LogP) is 2.84. The molecule has 0 aliphatic rings. The Hall–Kier alpha value is 1.18. The Balaban J connectivity index is 4.94. The molecular weight excluding hydrogens is 283 g/mol. The highest BCUT2D eigenvalue weighted by atomic mass is 35.8. The van der Waals surface area contributed by atoms with Crippen molar-refractivity contribution in [1.29, 1.82) is 0 Å². The van der Waals surface area contributed by atoms with E-state index in [1.165, 1.54) is 21.3 Å². The molecule has 1 atom stereocenters. The summed E-state index contributed by atoms with van der Waals surface area (Å²) in [5, 5.41) is -0.236. The number of rotatable bonds is 6. The second-order valence-electron chi connectivity index (χ2n) is 2.72. The zero-order valence-electron chi connectivity index (χ0n) is 8.64. The molecule has 3 nitrogen and oxygen atoms in total. The second kappa shape index (κ2) is 6.05. The molecule has 0 fully saturated rings. The molecule has 0 N–H and O–H groups in total. The molecule has 0 spiro atoms. The zero-order chi connectivity index (χ0) is 11.4. The fourth-order valence-electron chi connectivity index (χ4n) is 1.36. The SMILES string of the molecule is CCC([Si](Cl)(Cl)Cl)[Si](OC)(OC)OC. The summed E-state index contributed by atoms with van der Waals surface area (Å²) in [7, 11) is 1.75. The summed E-state index contributed by atoms with van der Waals surface area (Å²) < 4.78 is 15.9. The van der Waals surface area contributed by atoms with Crippen LogP contribution in [0.25, 0.3) is 0 Å². The van der Waals surface area contributed by atoms with Crippen LogP contribution >= 0.6 is 33.2 Å². The van der Waals surface area contributed by atoms with E-state index in [0.717, 1.165) is 0 Å². The first-order valence-electron chi connectivity index (χ1n) is 4.10. The minimum atomic E-state index is -2.88. The van der Waals surface area contributed by atoms with Gasteiger partial charge in [0.05, 0.1) is 5.16 Å². The number of hydrogen-bond donors (Lipinski definition) is 0. The van der Waals surface area contributed by atoms with Crippen molar-refractivity contribution in [1.82, 2.24) is 0 Å². The third-order valence-corrected chi connectivity index (χ3v) is 12.6. The van der Waals surface area contributed by atoms with Gasteiger partial charge >= 0.3 is 14.8 Å². The van der Waals surface area contributed by atoms with Gasteiger partial charge in [0.15, 0.2) is 0 Å². The summed E-state index contributed by atoms with van der Waals surface area (Å²) in [6.45, 7) is 1.93. The Bertz CT molecular complexity index is 164. The van der Waals surface area contributed by atoms with Crippen LogP contribution in [0, 0.1) is 0 Å². The summed E-state index contributed by atoms with van der Waals surface area (Å²) >= 11 is 18.0. The van der Waals surface area contributed by atoms with Crippen LogP contribution in [0.5, 0.6) is 0 Å². The lowest BCUT2D eigenvalue weighted by atomic mass is 10.6. The maximum absolute atomic E-state index is 5.98. The highest BCUT2D eigenvalue weighted by Crippen LogP contribution is 2.43. The largest absolute Gasteiger partial charge is 0.504 e. The van der Waals surface area contributed by atoms with Gasteiger partial charge in [0, 0.05) is 21.3 Å². The standard InChI is InChI=1S/C6H15Cl3O3Si2/c1-5-6(13(7,8)9)14(10-2,11-3)12-4/h6H,5H2,1-4H3. The Morgan fingerprint density at radius 1 is 1.00 bits per heavy atom. The fourth-order valence-corrected chi connectivity index (χ4v) is 11.3. The summed E-state index contributed by atoms with van der Waals surface area (Å²) in [6.07, 6.45) is 0.671. The van der Waals surface area contributed by atoms with Gasteiger partial charge in [0.25, 0.3) is 0 Å². The lowest BCUT2D eigenvalue weighted by Crippen LogP contribution is -2.53. The highest BCUT2D eigenvalue weighted by Gasteiger charge is 2.57. The molecule has 0 aromatic heterocycles. The van der Waals surface area contributed by atoms with Gasteiger partial charge in [-0.2, -0.15) is 0 Å². The van der Waals surface area contributed by atoms with E-state index in [1.54, 1.807) is 0 Å². The third-order valence-electron chi connectivity index (χ3n) is 2.08. The molecule has 0 aliphatic heterocycles. The molecule has 1 unspecified atom stereocenters. The molecule has 0 radical (unpaired) electrons. The van der Waals surface area contributed by atoms with E-state index in [4.69, 9.17) is 46.5 Å². The molecule has 0 amide bonds. The normalized spacial score (nSPS) is 15.6. The molecule has 0 aromatic rings. The average Bonchev–Trinajstić information content (AvgIpc) is 2.12. The second-order valence-corrected chi connectivity index (χ2v) is 15.3. The van der Waals surface area contributed by atoms with Crippen molar-refractivity contribution in [2.24, 2.45) is 0 Å². The molecule has 86 valence electrons. The topological polar surface area (TPSA) is 27.7 Å². The van der Waals surface area contributed by atoms with Gasteiger partial charge < -0.3 is 13.3 Å². The Labute approximate surface area is 101 Å². The summed E-state index contributed by atoms with van der Waals surface area (Å²) in [4.78, 5) is 0. The van der Waals surface area contributed by atoms with Gasteiger partial charge in [-0.15, -0.1) is 33.2 Å². The van der Waals surface area contributed by atoms with Crippen molar-refractivity contribution in [3.05, 3.63) is 0 Å². The fraction of sp³-hybridized carbons (Fsp3) is 1.00. The van der Waals surface area contributed by atoms with E-state index < -0.39 is 14.8 Å². The molecule has 14 heavy (non-hydrogen) atoms. The average molecular weight is 298 g/mol. The molecule has 0 aromatic carbocycles. The molecule has 0 rings (SSSR count). The van der Waals surface area contributed by atoms with Gasteiger partial charge in [-0.1, -0.05) is 6.92 Å². The molecule has 8 heteroatoms. The molecular formula is C6H15Cl3O3Si2. The van der Waals surface area contributed by atoms with E-state index in [9.17, 15) is 0 Å². The highest BCUT2D eigenvalue weighted by molar-refractivity contribution is 7.66. The molecule has 0 heterocycles. The minimum Gasteiger partial charge on any atom is -0.377 e. The Morgan fingerprint density at radius 3 is 1.43 bits per heavy atom. The van der Waals surface area contributed by atoms with E-state index in [1.807, 2.05) is 6.92 Å². The van der Waals surface area contributed by atoms with Crippen LogP contribution in [0.15, 0.2) is 0 Å². The Kier molecular flexibility index (Phi) is 6.56. The van der Waals surface area contributed by atoms with Crippen molar-refractivity contribution in [2.75, 3.05) is 21.3 Å². The molecule has 0 aliphatic carbocycles. The zero-order valence-corrected chi connectivity index (χ0v) is 12.9. The van der Waals surface area contributed by atoms with Gasteiger partial charge in [0.2, 0.25) is 0 Å². The molecule has 0 saturated carbocycles. The van der Waals surface area contributed by atoms with Gasteiger partial charge in [0.1, 0.15) is 0 Å². The van der Waals surface area contributed by atoms with E-state index >= 15 is 0 Å². The van der Waals surface area contributed by atoms with Crippen LogP contribution in [0.4, 0.5) is 0 Å². The van der Waals surface area contributed by atoms with Crippen molar-refractivity contribution >= 4 is 48.0 Å².